The second-order valence-corrected chi connectivity index (χ2v) is 4.87. The van der Waals surface area contributed by atoms with E-state index in [1.54, 1.807) is 0 Å². The minimum absolute atomic E-state index is 0.108. The summed E-state index contributed by atoms with van der Waals surface area (Å²) in [7, 11) is 0. The topological polar surface area (TPSA) is 64.3 Å². The molecule has 0 aromatic carbocycles. The Labute approximate surface area is 110 Å². The zero-order valence-electron chi connectivity index (χ0n) is 11.2. The molecule has 1 amide bonds. The lowest BCUT2D eigenvalue weighted by Crippen LogP contribution is -2.40. The molecule has 0 aliphatic heterocycles. The van der Waals surface area contributed by atoms with Gasteiger partial charge in [-0.05, 0) is 31.7 Å². The Balaban J connectivity index is 2.16. The predicted molar refractivity (Wildman–Crippen MR) is 73.1 cm³/mol. The minimum atomic E-state index is 0.108. The Morgan fingerprint density at radius 2 is 2.17 bits per heavy atom. The maximum Gasteiger partial charge on any atom is 0.223 e. The quantitative estimate of drug-likeness (QED) is 0.509. The normalized spacial score (nSPS) is 23.6. The van der Waals surface area contributed by atoms with Gasteiger partial charge >= 0.3 is 0 Å². The molecule has 0 aromatic rings. The first-order chi connectivity index (χ1) is 8.79. The fourth-order valence-corrected chi connectivity index (χ4v) is 2.48. The summed E-state index contributed by atoms with van der Waals surface area (Å²) in [6.45, 7) is 6.07. The van der Waals surface area contributed by atoms with Gasteiger partial charge in [-0.15, -0.1) is 6.58 Å². The van der Waals surface area contributed by atoms with Crippen LogP contribution in [0.3, 0.4) is 0 Å². The van der Waals surface area contributed by atoms with Gasteiger partial charge in [0, 0.05) is 12.5 Å². The molecular formula is C14H26N2O2. The van der Waals surface area contributed by atoms with E-state index in [9.17, 15) is 4.79 Å². The molecule has 1 aliphatic carbocycles. The van der Waals surface area contributed by atoms with E-state index in [0.29, 0.717) is 32.2 Å². The van der Waals surface area contributed by atoms with Gasteiger partial charge in [-0.2, -0.15) is 0 Å². The number of hydrogen-bond donors (Lipinski definition) is 2. The van der Waals surface area contributed by atoms with Gasteiger partial charge in [0.15, 0.2) is 0 Å². The van der Waals surface area contributed by atoms with E-state index < -0.39 is 0 Å². The van der Waals surface area contributed by atoms with Crippen molar-refractivity contribution < 1.29 is 9.53 Å². The summed E-state index contributed by atoms with van der Waals surface area (Å²) < 4.78 is 5.35. The summed E-state index contributed by atoms with van der Waals surface area (Å²) >= 11 is 0. The van der Waals surface area contributed by atoms with E-state index in [1.807, 2.05) is 6.08 Å². The fourth-order valence-electron chi connectivity index (χ4n) is 2.48. The molecule has 104 valence electrons. The van der Waals surface area contributed by atoms with Crippen LogP contribution in [0.1, 0.15) is 32.1 Å². The van der Waals surface area contributed by atoms with Gasteiger partial charge in [-0.1, -0.05) is 18.9 Å². The van der Waals surface area contributed by atoms with Crippen LogP contribution in [0.15, 0.2) is 12.7 Å². The number of ether oxygens (including phenoxy) is 1. The Hall–Kier alpha value is -0.870. The van der Waals surface area contributed by atoms with Crippen molar-refractivity contribution in [2.75, 3.05) is 26.3 Å². The van der Waals surface area contributed by atoms with Crippen LogP contribution >= 0.6 is 0 Å². The molecule has 0 aromatic heterocycles. The van der Waals surface area contributed by atoms with Gasteiger partial charge in [0.05, 0.1) is 13.2 Å². The maximum absolute atomic E-state index is 12.0. The van der Waals surface area contributed by atoms with Gasteiger partial charge in [0.1, 0.15) is 0 Å². The second kappa shape index (κ2) is 9.11. The Morgan fingerprint density at radius 3 is 2.89 bits per heavy atom. The molecule has 0 saturated heterocycles. The monoisotopic (exact) mass is 254 g/mol. The number of carbonyl (C=O) groups excluding carboxylic acids is 1. The van der Waals surface area contributed by atoms with Crippen LogP contribution < -0.4 is 11.1 Å². The van der Waals surface area contributed by atoms with E-state index in [0.717, 1.165) is 25.7 Å². The summed E-state index contributed by atoms with van der Waals surface area (Å²) in [5, 5.41) is 2.95. The van der Waals surface area contributed by atoms with Crippen molar-refractivity contribution in [3.05, 3.63) is 12.7 Å². The van der Waals surface area contributed by atoms with Gasteiger partial charge in [-0.25, -0.2) is 0 Å². The molecular weight excluding hydrogens is 228 g/mol. The highest BCUT2D eigenvalue weighted by molar-refractivity contribution is 5.79. The Kier molecular flexibility index (Phi) is 7.69. The standard InChI is InChI=1S/C14H26N2O2/c1-2-3-9-18-10-8-16-14(17)13-7-5-4-6-12(13)11-15/h2,12-13H,1,3-11,15H2,(H,16,17). The van der Waals surface area contributed by atoms with E-state index in [2.05, 4.69) is 11.9 Å². The van der Waals surface area contributed by atoms with Crippen LogP contribution in [0.25, 0.3) is 0 Å². The molecule has 0 radical (unpaired) electrons. The predicted octanol–water partition coefficient (Wildman–Crippen LogP) is 1.46. The average Bonchev–Trinajstić information content (AvgIpc) is 2.42. The number of rotatable bonds is 8. The van der Waals surface area contributed by atoms with Crippen LogP contribution in [0.2, 0.25) is 0 Å². The van der Waals surface area contributed by atoms with Crippen molar-refractivity contribution in [2.24, 2.45) is 17.6 Å². The van der Waals surface area contributed by atoms with Crippen LogP contribution in [0.4, 0.5) is 0 Å². The highest BCUT2D eigenvalue weighted by Crippen LogP contribution is 2.29. The molecule has 0 heterocycles. The van der Waals surface area contributed by atoms with Crippen molar-refractivity contribution in [1.82, 2.24) is 5.32 Å². The lowest BCUT2D eigenvalue weighted by molar-refractivity contribution is -0.127. The van der Waals surface area contributed by atoms with Crippen LogP contribution in [-0.2, 0) is 9.53 Å². The number of amides is 1. The fraction of sp³-hybridized carbons (Fsp3) is 0.786. The van der Waals surface area contributed by atoms with Crippen LogP contribution in [0, 0.1) is 11.8 Å². The molecule has 1 rings (SSSR count). The highest BCUT2D eigenvalue weighted by atomic mass is 16.5. The van der Waals surface area contributed by atoms with Crippen molar-refractivity contribution in [3.8, 4) is 0 Å². The Morgan fingerprint density at radius 1 is 1.39 bits per heavy atom. The third-order valence-electron chi connectivity index (χ3n) is 3.56. The molecule has 1 saturated carbocycles. The first-order valence-corrected chi connectivity index (χ1v) is 6.96. The van der Waals surface area contributed by atoms with Crippen molar-refractivity contribution in [2.45, 2.75) is 32.1 Å². The van der Waals surface area contributed by atoms with Crippen molar-refractivity contribution in [1.29, 1.82) is 0 Å². The third kappa shape index (κ3) is 5.19. The van der Waals surface area contributed by atoms with E-state index in [4.69, 9.17) is 10.5 Å². The average molecular weight is 254 g/mol. The third-order valence-corrected chi connectivity index (χ3v) is 3.56. The maximum atomic E-state index is 12.0. The van der Waals surface area contributed by atoms with Gasteiger partial charge < -0.3 is 15.8 Å². The smallest absolute Gasteiger partial charge is 0.223 e. The molecule has 18 heavy (non-hydrogen) atoms. The largest absolute Gasteiger partial charge is 0.379 e. The first-order valence-electron chi connectivity index (χ1n) is 6.96. The van der Waals surface area contributed by atoms with Crippen LogP contribution in [0.5, 0.6) is 0 Å². The zero-order valence-corrected chi connectivity index (χ0v) is 11.2. The highest BCUT2D eigenvalue weighted by Gasteiger charge is 2.29. The Bertz CT molecular complexity index is 256. The molecule has 0 spiro atoms. The summed E-state index contributed by atoms with van der Waals surface area (Å²) in [6, 6.07) is 0. The van der Waals surface area contributed by atoms with E-state index in [1.165, 1.54) is 6.42 Å². The number of hydrogen-bond acceptors (Lipinski definition) is 3. The van der Waals surface area contributed by atoms with E-state index >= 15 is 0 Å². The lowest BCUT2D eigenvalue weighted by atomic mass is 9.79. The molecule has 4 nitrogen and oxygen atoms in total. The van der Waals surface area contributed by atoms with E-state index in [-0.39, 0.29) is 11.8 Å². The van der Waals surface area contributed by atoms with Gasteiger partial charge in [0.2, 0.25) is 5.91 Å². The lowest BCUT2D eigenvalue weighted by Gasteiger charge is -2.29. The molecule has 1 fully saturated rings. The summed E-state index contributed by atoms with van der Waals surface area (Å²) in [6.07, 6.45) is 7.09. The summed E-state index contributed by atoms with van der Waals surface area (Å²) in [5.74, 6) is 0.620. The van der Waals surface area contributed by atoms with Gasteiger partial charge in [0.25, 0.3) is 0 Å². The molecule has 3 N–H and O–H groups in total. The zero-order chi connectivity index (χ0) is 13.2. The summed E-state index contributed by atoms with van der Waals surface area (Å²) in [4.78, 5) is 12.0. The van der Waals surface area contributed by atoms with Crippen molar-refractivity contribution >= 4 is 5.91 Å². The molecule has 0 bridgehead atoms. The number of carbonyl (C=O) groups is 1. The summed E-state index contributed by atoms with van der Waals surface area (Å²) in [5.41, 5.74) is 5.73. The molecule has 1 aliphatic rings. The second-order valence-electron chi connectivity index (χ2n) is 4.87. The molecule has 2 atom stereocenters. The molecule has 4 heteroatoms. The van der Waals surface area contributed by atoms with Gasteiger partial charge in [-0.3, -0.25) is 4.79 Å². The number of nitrogens with one attached hydrogen (secondary N) is 1. The van der Waals surface area contributed by atoms with Crippen LogP contribution in [-0.4, -0.2) is 32.2 Å². The van der Waals surface area contributed by atoms with Crippen molar-refractivity contribution in [3.63, 3.8) is 0 Å². The first kappa shape index (κ1) is 15.2. The molecule has 2 unspecified atom stereocenters. The number of nitrogens with two attached hydrogens (primary N) is 1. The SMILES string of the molecule is C=CCCOCCNC(=O)C1CCCCC1CN. The minimum Gasteiger partial charge on any atom is -0.379 e.